The number of nitrogens with one attached hydrogen (secondary N) is 1. The molecule has 0 saturated carbocycles. The van der Waals surface area contributed by atoms with Gasteiger partial charge in [-0.1, -0.05) is 55.1 Å². The molecule has 1 nitrogen and oxygen atoms in total. The highest BCUT2D eigenvalue weighted by Gasteiger charge is 2.19. The molecule has 0 saturated heterocycles. The Hall–Kier alpha value is -2.84. The van der Waals surface area contributed by atoms with E-state index < -0.39 is 0 Å². The predicted molar refractivity (Wildman–Crippen MR) is 118 cm³/mol. The largest absolute Gasteiger partial charge is 0.353 e. The summed E-state index contributed by atoms with van der Waals surface area (Å²) in [6.07, 6.45) is 4.32. The Balaban J connectivity index is 2.17. The average molecular weight is 353 g/mol. The van der Waals surface area contributed by atoms with Gasteiger partial charge in [0.05, 0.1) is 10.2 Å². The van der Waals surface area contributed by atoms with Gasteiger partial charge in [0.15, 0.2) is 0 Å². The number of fused-ring (bicyclic) bond motifs is 8. The smallest absolute Gasteiger partial charge is 0.0653 e. The number of aromatic nitrogens is 1. The summed E-state index contributed by atoms with van der Waals surface area (Å²) in [6, 6.07) is 17.4. The molecule has 0 aliphatic heterocycles. The highest BCUT2D eigenvalue weighted by atomic mass is 32.1. The van der Waals surface area contributed by atoms with Gasteiger partial charge < -0.3 is 4.98 Å². The molecule has 0 amide bonds. The van der Waals surface area contributed by atoms with Crippen molar-refractivity contribution < 1.29 is 0 Å². The summed E-state index contributed by atoms with van der Waals surface area (Å²) in [5.41, 5.74) is 4.82. The maximum Gasteiger partial charge on any atom is 0.0653 e. The number of allylic oxidation sites excluding steroid dienone is 2. The summed E-state index contributed by atoms with van der Waals surface area (Å²) in [5.74, 6) is 0. The highest BCUT2D eigenvalue weighted by Crippen LogP contribution is 2.46. The van der Waals surface area contributed by atoms with Crippen LogP contribution in [0.1, 0.15) is 24.3 Å². The zero-order valence-electron chi connectivity index (χ0n) is 14.9. The van der Waals surface area contributed by atoms with Crippen LogP contribution >= 0.6 is 11.3 Å². The summed E-state index contributed by atoms with van der Waals surface area (Å²) >= 11 is 1.86. The van der Waals surface area contributed by atoms with Gasteiger partial charge in [-0.15, -0.1) is 11.3 Å². The minimum Gasteiger partial charge on any atom is -0.353 e. The maximum atomic E-state index is 4.28. The monoisotopic (exact) mass is 353 g/mol. The van der Waals surface area contributed by atoms with Gasteiger partial charge in [-0.05, 0) is 42.3 Å². The van der Waals surface area contributed by atoms with Gasteiger partial charge >= 0.3 is 0 Å². The minimum atomic E-state index is 1.12. The molecule has 5 rings (SSSR count). The second kappa shape index (κ2) is 5.58. The van der Waals surface area contributed by atoms with E-state index in [4.69, 9.17) is 0 Å². The van der Waals surface area contributed by atoms with Gasteiger partial charge in [-0.25, -0.2) is 0 Å². The van der Waals surface area contributed by atoms with Gasteiger partial charge in [0, 0.05) is 32.1 Å². The Labute approximate surface area is 156 Å². The molecule has 0 radical (unpaired) electrons. The van der Waals surface area contributed by atoms with Gasteiger partial charge in [0.1, 0.15) is 0 Å². The van der Waals surface area contributed by atoms with Crippen LogP contribution in [-0.4, -0.2) is 4.98 Å². The number of rotatable bonds is 2. The minimum absolute atomic E-state index is 1.12. The lowest BCUT2D eigenvalue weighted by Gasteiger charge is -2.07. The molecule has 0 aliphatic carbocycles. The molecule has 2 aromatic heterocycles. The number of para-hydroxylation sites is 1. The van der Waals surface area contributed by atoms with Gasteiger partial charge in [-0.3, -0.25) is 0 Å². The molecule has 0 aliphatic rings. The summed E-state index contributed by atoms with van der Waals surface area (Å²) in [5, 5.41) is 6.55. The highest BCUT2D eigenvalue weighted by molar-refractivity contribution is 7.21. The Morgan fingerprint density at radius 2 is 1.62 bits per heavy atom. The molecule has 0 bridgehead atoms. The van der Waals surface area contributed by atoms with E-state index >= 15 is 0 Å². The first-order valence-electron chi connectivity index (χ1n) is 8.87. The predicted octanol–water partition coefficient (Wildman–Crippen LogP) is 7.76. The SMILES string of the molecule is C=C(C)c1c(/C=C\C)sc2c3[nH]c4ccccc4c3c3ccccc3c12. The number of hydrogen-bond donors (Lipinski definition) is 1. The van der Waals surface area contributed by atoms with E-state index in [1.54, 1.807) is 0 Å². The zero-order chi connectivity index (χ0) is 17.8. The van der Waals surface area contributed by atoms with Crippen LogP contribution < -0.4 is 0 Å². The molecule has 2 heterocycles. The van der Waals surface area contributed by atoms with E-state index in [1.165, 1.54) is 53.1 Å². The summed E-state index contributed by atoms with van der Waals surface area (Å²) < 4.78 is 1.32. The second-order valence-corrected chi connectivity index (χ2v) is 7.84. The molecule has 0 atom stereocenters. The van der Waals surface area contributed by atoms with Crippen molar-refractivity contribution in [1.29, 1.82) is 0 Å². The van der Waals surface area contributed by atoms with Crippen LogP contribution in [0.2, 0.25) is 0 Å². The van der Waals surface area contributed by atoms with Gasteiger partial charge in [0.2, 0.25) is 0 Å². The van der Waals surface area contributed by atoms with E-state index in [9.17, 15) is 0 Å². The molecule has 3 aromatic carbocycles. The number of benzene rings is 3. The Morgan fingerprint density at radius 1 is 0.962 bits per heavy atom. The summed E-state index contributed by atoms with van der Waals surface area (Å²) in [4.78, 5) is 4.97. The van der Waals surface area contributed by atoms with Crippen molar-refractivity contribution in [3.8, 4) is 0 Å². The van der Waals surface area contributed by atoms with E-state index in [0.29, 0.717) is 0 Å². The van der Waals surface area contributed by atoms with Gasteiger partial charge in [-0.2, -0.15) is 0 Å². The number of aromatic amines is 1. The van der Waals surface area contributed by atoms with Crippen LogP contribution in [0.5, 0.6) is 0 Å². The normalized spacial score (nSPS) is 12.2. The Kier molecular flexibility index (Phi) is 3.31. The Morgan fingerprint density at radius 3 is 2.31 bits per heavy atom. The average Bonchev–Trinajstić information content (AvgIpc) is 3.21. The first kappa shape index (κ1) is 15.4. The van der Waals surface area contributed by atoms with Crippen LogP contribution in [-0.2, 0) is 0 Å². The van der Waals surface area contributed by atoms with Crippen molar-refractivity contribution in [3.63, 3.8) is 0 Å². The number of hydrogen-bond acceptors (Lipinski definition) is 1. The molecular formula is C24H19NS. The topological polar surface area (TPSA) is 15.8 Å². The molecule has 126 valence electrons. The molecule has 0 fully saturated rings. The first-order valence-corrected chi connectivity index (χ1v) is 9.68. The molecule has 0 spiro atoms. The van der Waals surface area contributed by atoms with Crippen LogP contribution in [0, 0.1) is 0 Å². The fourth-order valence-corrected chi connectivity index (χ4v) is 5.46. The lowest BCUT2D eigenvalue weighted by molar-refractivity contribution is 1.57. The third-order valence-corrected chi connectivity index (χ3v) is 6.25. The quantitative estimate of drug-likeness (QED) is 0.334. The van der Waals surface area contributed by atoms with Gasteiger partial charge in [0.25, 0.3) is 0 Å². The molecule has 5 aromatic rings. The van der Waals surface area contributed by atoms with E-state index in [-0.39, 0.29) is 0 Å². The van der Waals surface area contributed by atoms with Crippen molar-refractivity contribution in [2.45, 2.75) is 13.8 Å². The summed E-state index contributed by atoms with van der Waals surface area (Å²) in [7, 11) is 0. The van der Waals surface area contributed by atoms with Crippen molar-refractivity contribution >= 4 is 65.7 Å². The number of H-pyrrole nitrogens is 1. The fourth-order valence-electron chi connectivity index (χ4n) is 4.09. The lowest BCUT2D eigenvalue weighted by atomic mass is 9.95. The van der Waals surface area contributed by atoms with Crippen LogP contribution in [0.3, 0.4) is 0 Å². The van der Waals surface area contributed by atoms with Crippen molar-refractivity contribution in [2.75, 3.05) is 0 Å². The standard InChI is InChI=1S/C24H19NS/c1-4-9-19-20(14(2)3)22-16-11-6-5-10-15(16)21-17-12-7-8-13-18(17)25-23(21)24(22)26-19/h4-13,25H,2H2,1,3H3/b9-4-. The molecule has 2 heteroatoms. The molecule has 26 heavy (non-hydrogen) atoms. The van der Waals surface area contributed by atoms with Crippen molar-refractivity contribution in [2.24, 2.45) is 0 Å². The molecule has 0 unspecified atom stereocenters. The van der Waals surface area contributed by atoms with Crippen molar-refractivity contribution in [1.82, 2.24) is 4.98 Å². The van der Waals surface area contributed by atoms with E-state index in [1.807, 2.05) is 11.3 Å². The summed E-state index contributed by atoms with van der Waals surface area (Å²) in [6.45, 7) is 8.47. The van der Waals surface area contributed by atoms with E-state index in [2.05, 4.69) is 86.1 Å². The van der Waals surface area contributed by atoms with Crippen LogP contribution in [0.4, 0.5) is 0 Å². The lowest BCUT2D eigenvalue weighted by Crippen LogP contribution is -1.83. The first-order chi connectivity index (χ1) is 12.7. The van der Waals surface area contributed by atoms with Crippen LogP contribution in [0.25, 0.3) is 54.3 Å². The zero-order valence-corrected chi connectivity index (χ0v) is 15.7. The van der Waals surface area contributed by atoms with Crippen molar-refractivity contribution in [3.05, 3.63) is 71.6 Å². The third kappa shape index (κ3) is 1.96. The molecular weight excluding hydrogens is 334 g/mol. The number of thiophene rings is 1. The second-order valence-electron chi connectivity index (χ2n) is 6.79. The van der Waals surface area contributed by atoms with E-state index in [0.717, 1.165) is 5.57 Å². The van der Waals surface area contributed by atoms with Crippen LogP contribution in [0.15, 0.2) is 61.2 Å². The Bertz CT molecular complexity index is 1360. The maximum absolute atomic E-state index is 4.28. The fraction of sp³-hybridized carbons (Fsp3) is 0.0833. The third-order valence-electron chi connectivity index (χ3n) is 5.08. The molecule has 1 N–H and O–H groups in total.